The van der Waals surface area contributed by atoms with Crippen molar-refractivity contribution in [1.82, 2.24) is 14.5 Å². The Morgan fingerprint density at radius 1 is 1.33 bits per heavy atom. The Morgan fingerprint density at radius 3 is 2.57 bits per heavy atom. The molecule has 0 bridgehead atoms. The summed E-state index contributed by atoms with van der Waals surface area (Å²) in [6.45, 7) is 6.80. The van der Waals surface area contributed by atoms with E-state index in [2.05, 4.69) is 10.2 Å². The molecule has 21 heavy (non-hydrogen) atoms. The third-order valence-corrected chi connectivity index (χ3v) is 4.65. The van der Waals surface area contributed by atoms with Crippen molar-refractivity contribution in [2.45, 2.75) is 19.8 Å². The molecule has 0 unspecified atom stereocenters. The molecule has 8 heteroatoms. The minimum Gasteiger partial charge on any atom is -0.379 e. The highest BCUT2D eigenvalue weighted by Crippen LogP contribution is 2.01. The van der Waals surface area contributed by atoms with Crippen LogP contribution in [0.4, 0.5) is 0 Å². The van der Waals surface area contributed by atoms with Gasteiger partial charge in [-0.15, -0.1) is 0 Å². The summed E-state index contributed by atoms with van der Waals surface area (Å²) in [7, 11) is -3.33. The van der Waals surface area contributed by atoms with Gasteiger partial charge in [0.2, 0.25) is 15.9 Å². The van der Waals surface area contributed by atoms with Gasteiger partial charge in [-0.3, -0.25) is 9.69 Å². The molecule has 1 heterocycles. The Labute approximate surface area is 127 Å². The van der Waals surface area contributed by atoms with E-state index in [0.717, 1.165) is 51.9 Å². The summed E-state index contributed by atoms with van der Waals surface area (Å²) in [5.74, 6) is -0.246. The number of amides is 1. The van der Waals surface area contributed by atoms with E-state index >= 15 is 0 Å². The van der Waals surface area contributed by atoms with Crippen LogP contribution in [-0.4, -0.2) is 82.3 Å². The van der Waals surface area contributed by atoms with Crippen LogP contribution >= 0.6 is 0 Å². The molecule has 1 fully saturated rings. The maximum atomic E-state index is 11.8. The number of morpholine rings is 1. The Kier molecular flexibility index (Phi) is 8.16. The summed E-state index contributed by atoms with van der Waals surface area (Å²) in [5, 5.41) is 2.78. The molecule has 1 N–H and O–H groups in total. The van der Waals surface area contributed by atoms with E-state index in [1.54, 1.807) is 0 Å². The van der Waals surface area contributed by atoms with E-state index in [9.17, 15) is 13.2 Å². The molecule has 1 aliphatic heterocycles. The average Bonchev–Trinajstić information content (AvgIpc) is 2.43. The first-order valence-corrected chi connectivity index (χ1v) is 9.30. The van der Waals surface area contributed by atoms with E-state index in [0.29, 0.717) is 13.1 Å². The Balaban J connectivity index is 2.29. The quantitative estimate of drug-likeness (QED) is 0.619. The molecule has 1 aliphatic rings. The van der Waals surface area contributed by atoms with E-state index in [1.165, 1.54) is 4.31 Å². The smallest absolute Gasteiger partial charge is 0.235 e. The standard InChI is InChI=1S/C13H27N3O4S/c1-3-4-6-16(21(2,18)19)12-13(17)14-5-7-15-8-10-20-11-9-15/h3-12H2,1-2H3,(H,14,17). The zero-order chi connectivity index (χ0) is 15.7. The van der Waals surface area contributed by atoms with Gasteiger partial charge in [0.15, 0.2) is 0 Å². The van der Waals surface area contributed by atoms with Crippen LogP contribution in [0.5, 0.6) is 0 Å². The fourth-order valence-corrected chi connectivity index (χ4v) is 2.90. The minimum absolute atomic E-state index is 0.0953. The lowest BCUT2D eigenvalue weighted by molar-refractivity contribution is -0.121. The number of sulfonamides is 1. The maximum absolute atomic E-state index is 11.8. The molecule has 0 spiro atoms. The molecule has 0 aromatic carbocycles. The lowest BCUT2D eigenvalue weighted by Gasteiger charge is -2.26. The van der Waals surface area contributed by atoms with E-state index in [-0.39, 0.29) is 12.5 Å². The predicted molar refractivity (Wildman–Crippen MR) is 81.6 cm³/mol. The van der Waals surface area contributed by atoms with Crippen LogP contribution in [0.1, 0.15) is 19.8 Å². The van der Waals surface area contributed by atoms with Crippen molar-refractivity contribution in [1.29, 1.82) is 0 Å². The van der Waals surface area contributed by atoms with Gasteiger partial charge in [-0.2, -0.15) is 4.31 Å². The molecule has 7 nitrogen and oxygen atoms in total. The number of ether oxygens (including phenoxy) is 1. The van der Waals surface area contributed by atoms with Crippen molar-refractivity contribution in [3.05, 3.63) is 0 Å². The van der Waals surface area contributed by atoms with Gasteiger partial charge >= 0.3 is 0 Å². The number of nitrogens with zero attached hydrogens (tertiary/aromatic N) is 2. The Hall–Kier alpha value is -0.700. The van der Waals surface area contributed by atoms with E-state index in [4.69, 9.17) is 4.74 Å². The highest BCUT2D eigenvalue weighted by atomic mass is 32.2. The second-order valence-corrected chi connectivity index (χ2v) is 7.24. The van der Waals surface area contributed by atoms with Crippen LogP contribution in [0.25, 0.3) is 0 Å². The van der Waals surface area contributed by atoms with Gasteiger partial charge < -0.3 is 10.1 Å². The number of carbonyl (C=O) groups is 1. The highest BCUT2D eigenvalue weighted by Gasteiger charge is 2.19. The molecule has 1 saturated heterocycles. The SMILES string of the molecule is CCCCN(CC(=O)NCCN1CCOCC1)S(C)(=O)=O. The van der Waals surface area contributed by atoms with Crippen molar-refractivity contribution in [2.75, 3.05) is 58.7 Å². The first kappa shape index (κ1) is 18.3. The van der Waals surface area contributed by atoms with E-state index < -0.39 is 10.0 Å². The monoisotopic (exact) mass is 321 g/mol. The number of carbonyl (C=O) groups excluding carboxylic acids is 1. The van der Waals surface area contributed by atoms with Gasteiger partial charge in [-0.1, -0.05) is 13.3 Å². The lowest BCUT2D eigenvalue weighted by Crippen LogP contribution is -2.44. The van der Waals surface area contributed by atoms with Crippen molar-refractivity contribution in [3.8, 4) is 0 Å². The highest BCUT2D eigenvalue weighted by molar-refractivity contribution is 7.88. The first-order chi connectivity index (χ1) is 9.93. The molecular weight excluding hydrogens is 294 g/mol. The summed E-state index contributed by atoms with van der Waals surface area (Å²) >= 11 is 0. The van der Waals surface area contributed by atoms with Crippen LogP contribution in [0, 0.1) is 0 Å². The predicted octanol–water partition coefficient (Wildman–Crippen LogP) is -0.503. The molecule has 1 amide bonds. The molecule has 0 radical (unpaired) electrons. The summed E-state index contributed by atoms with van der Waals surface area (Å²) < 4.78 is 29.7. The third-order valence-electron chi connectivity index (χ3n) is 3.40. The minimum atomic E-state index is -3.33. The molecule has 0 aromatic heterocycles. The molecule has 124 valence electrons. The molecule has 1 rings (SSSR count). The second-order valence-electron chi connectivity index (χ2n) is 5.25. The average molecular weight is 321 g/mol. The number of rotatable bonds is 9. The fourth-order valence-electron chi connectivity index (χ4n) is 2.09. The zero-order valence-corrected chi connectivity index (χ0v) is 13.8. The van der Waals surface area contributed by atoms with Crippen molar-refractivity contribution in [2.24, 2.45) is 0 Å². The van der Waals surface area contributed by atoms with Crippen LogP contribution in [0.2, 0.25) is 0 Å². The summed E-state index contributed by atoms with van der Waals surface area (Å²) in [6, 6.07) is 0. The molecule has 0 aliphatic carbocycles. The van der Waals surface area contributed by atoms with Crippen molar-refractivity contribution in [3.63, 3.8) is 0 Å². The van der Waals surface area contributed by atoms with Crippen LogP contribution in [-0.2, 0) is 19.6 Å². The first-order valence-electron chi connectivity index (χ1n) is 7.45. The Morgan fingerprint density at radius 2 is 2.00 bits per heavy atom. The van der Waals surface area contributed by atoms with Gasteiger partial charge in [0.25, 0.3) is 0 Å². The second kappa shape index (κ2) is 9.34. The number of hydrogen-bond acceptors (Lipinski definition) is 5. The molecule has 0 saturated carbocycles. The van der Waals surface area contributed by atoms with Crippen molar-refractivity contribution < 1.29 is 17.9 Å². The summed E-state index contributed by atoms with van der Waals surface area (Å²) in [4.78, 5) is 14.1. The van der Waals surface area contributed by atoms with Gasteiger partial charge in [-0.05, 0) is 6.42 Å². The van der Waals surface area contributed by atoms with Crippen LogP contribution < -0.4 is 5.32 Å². The topological polar surface area (TPSA) is 79.0 Å². The van der Waals surface area contributed by atoms with Gasteiger partial charge in [0.05, 0.1) is 26.0 Å². The summed E-state index contributed by atoms with van der Waals surface area (Å²) in [6.07, 6.45) is 2.79. The molecule has 0 atom stereocenters. The molecule has 0 aromatic rings. The number of nitrogens with one attached hydrogen (secondary N) is 1. The largest absolute Gasteiger partial charge is 0.379 e. The van der Waals surface area contributed by atoms with Gasteiger partial charge in [0.1, 0.15) is 0 Å². The van der Waals surface area contributed by atoms with E-state index in [1.807, 2.05) is 6.92 Å². The number of unbranched alkanes of at least 4 members (excludes halogenated alkanes) is 1. The van der Waals surface area contributed by atoms with Crippen LogP contribution in [0.15, 0.2) is 0 Å². The van der Waals surface area contributed by atoms with Crippen molar-refractivity contribution >= 4 is 15.9 Å². The van der Waals surface area contributed by atoms with Crippen LogP contribution in [0.3, 0.4) is 0 Å². The third kappa shape index (κ3) is 7.75. The lowest BCUT2D eigenvalue weighted by atomic mass is 10.3. The maximum Gasteiger partial charge on any atom is 0.235 e. The zero-order valence-electron chi connectivity index (χ0n) is 13.0. The van der Waals surface area contributed by atoms with Gasteiger partial charge in [0, 0.05) is 32.7 Å². The molecular formula is C13H27N3O4S. The van der Waals surface area contributed by atoms with Gasteiger partial charge in [-0.25, -0.2) is 8.42 Å². The normalized spacial score (nSPS) is 17.1. The Bertz CT molecular complexity index is 408. The number of hydrogen-bond donors (Lipinski definition) is 1. The fraction of sp³-hybridized carbons (Fsp3) is 0.923. The summed E-state index contributed by atoms with van der Waals surface area (Å²) in [5.41, 5.74) is 0.